The Kier molecular flexibility index (Phi) is 25.5. The van der Waals surface area contributed by atoms with Crippen molar-refractivity contribution in [2.75, 3.05) is 0 Å². The maximum Gasteiger partial charge on any atom is 0.155 e. The minimum absolute atomic E-state index is 0.171. The van der Waals surface area contributed by atoms with Gasteiger partial charge < -0.3 is 9.59 Å². The van der Waals surface area contributed by atoms with Crippen molar-refractivity contribution in [3.8, 4) is 0 Å². The van der Waals surface area contributed by atoms with Gasteiger partial charge in [-0.2, -0.15) is 0 Å². The first kappa shape index (κ1) is 38.0. The Bertz CT molecular complexity index is 917. The summed E-state index contributed by atoms with van der Waals surface area (Å²) in [5.74, 6) is 1.25. The summed E-state index contributed by atoms with van der Waals surface area (Å²) in [6.07, 6.45) is 8.22. The van der Waals surface area contributed by atoms with Crippen LogP contribution in [0.5, 0.6) is 0 Å². The summed E-state index contributed by atoms with van der Waals surface area (Å²) in [4.78, 5) is 31.3. The van der Waals surface area contributed by atoms with E-state index in [9.17, 15) is 4.79 Å². The minimum Gasteiger partial charge on any atom is -0.307 e. The first-order chi connectivity index (χ1) is 16.9. The number of aldehydes is 1. The van der Waals surface area contributed by atoms with E-state index in [0.717, 1.165) is 56.5 Å². The molecule has 200 valence electrons. The van der Waals surface area contributed by atoms with Gasteiger partial charge in [-0.1, -0.05) is 68.1 Å². The van der Waals surface area contributed by atoms with Crippen molar-refractivity contribution >= 4 is 47.6 Å². The summed E-state index contributed by atoms with van der Waals surface area (Å²) in [6, 6.07) is 9.41. The molecule has 0 aliphatic heterocycles. The van der Waals surface area contributed by atoms with E-state index in [1.165, 1.54) is 19.8 Å². The number of hydrogen-bond donors (Lipinski definition) is 0. The zero-order valence-electron chi connectivity index (χ0n) is 23.2. The van der Waals surface area contributed by atoms with Crippen LogP contribution in [0.25, 0.3) is 5.57 Å². The Balaban J connectivity index is -0.000000390. The van der Waals surface area contributed by atoms with Gasteiger partial charge in [0.2, 0.25) is 0 Å². The number of carbonyl (C=O) groups is 3. The molecule has 1 aliphatic rings. The molecular formula is C30H43Cl2NO3. The Morgan fingerprint density at radius 2 is 1.58 bits per heavy atom. The maximum atomic E-state index is 10.5. The molecule has 3 rings (SSSR count). The molecule has 4 nitrogen and oxygen atoms in total. The highest BCUT2D eigenvalue weighted by atomic mass is 35.5. The number of halogens is 2. The summed E-state index contributed by atoms with van der Waals surface area (Å²) in [7, 11) is 0. The van der Waals surface area contributed by atoms with Gasteiger partial charge in [0.05, 0.1) is 0 Å². The summed E-state index contributed by atoms with van der Waals surface area (Å²) in [5, 5.41) is 1.55. The van der Waals surface area contributed by atoms with Crippen molar-refractivity contribution in [2.24, 2.45) is 5.92 Å². The molecule has 1 heterocycles. The van der Waals surface area contributed by atoms with Gasteiger partial charge in [-0.3, -0.25) is 9.78 Å². The predicted octanol–water partition coefficient (Wildman–Crippen LogP) is 9.04. The lowest BCUT2D eigenvalue weighted by atomic mass is 10.1. The number of rotatable bonds is 3. The van der Waals surface area contributed by atoms with Crippen molar-refractivity contribution in [2.45, 2.75) is 74.7 Å². The number of ketones is 1. The van der Waals surface area contributed by atoms with E-state index in [4.69, 9.17) is 32.8 Å². The lowest BCUT2D eigenvalue weighted by molar-refractivity contribution is -0.113. The van der Waals surface area contributed by atoms with Crippen LogP contribution in [0.1, 0.15) is 79.4 Å². The summed E-state index contributed by atoms with van der Waals surface area (Å²) in [6.45, 7) is 20.8. The zero-order chi connectivity index (χ0) is 28.7. The highest BCUT2D eigenvalue weighted by molar-refractivity contribution is 6.33. The number of benzene rings is 1. The van der Waals surface area contributed by atoms with E-state index >= 15 is 0 Å². The van der Waals surface area contributed by atoms with E-state index in [0.29, 0.717) is 0 Å². The second-order valence-electron chi connectivity index (χ2n) is 8.21. The lowest BCUT2D eigenvalue weighted by Gasteiger charge is -1.99. The molecule has 0 spiro atoms. The number of allylic oxidation sites excluding steroid dienone is 3. The number of aromatic nitrogens is 1. The Morgan fingerprint density at radius 1 is 1.08 bits per heavy atom. The van der Waals surface area contributed by atoms with Crippen LogP contribution < -0.4 is 0 Å². The average Bonchev–Trinajstić information content (AvgIpc) is 3.65. The number of hydrogen-bond acceptors (Lipinski definition) is 4. The maximum absolute atomic E-state index is 10.5. The number of aryl methyl sites for hydroxylation is 1. The van der Waals surface area contributed by atoms with Crippen LogP contribution in [0.2, 0.25) is 10.0 Å². The highest BCUT2D eigenvalue weighted by Gasteiger charge is 2.12. The van der Waals surface area contributed by atoms with E-state index in [1.807, 2.05) is 64.9 Å². The quantitative estimate of drug-likeness (QED) is 0.290. The molecule has 1 aliphatic carbocycles. The SMILES string of the molecule is C=C(C)c1cccnc1.C=O.CC(=O)C(C)=C(C)C.CC1CC1.CC=O.CCc1cc(Cl)ccc1Cl. The monoisotopic (exact) mass is 535 g/mol. The normalized spacial score (nSPS) is 10.3. The zero-order valence-corrected chi connectivity index (χ0v) is 24.7. The first-order valence-electron chi connectivity index (χ1n) is 11.7. The van der Waals surface area contributed by atoms with Crippen LogP contribution in [-0.4, -0.2) is 23.8 Å². The van der Waals surface area contributed by atoms with Crippen LogP contribution in [0.15, 0.2) is 60.5 Å². The number of Topliss-reactive ketones (excluding diaryl/α,β-unsaturated/α-hetero) is 1. The molecule has 0 unspecified atom stereocenters. The van der Waals surface area contributed by atoms with Gasteiger partial charge in [-0.25, -0.2) is 0 Å². The Labute approximate surface area is 228 Å². The van der Waals surface area contributed by atoms with Crippen molar-refractivity contribution in [1.29, 1.82) is 0 Å². The molecule has 0 bridgehead atoms. The molecule has 1 aromatic carbocycles. The third kappa shape index (κ3) is 23.2. The van der Waals surface area contributed by atoms with Gasteiger partial charge in [0.1, 0.15) is 13.1 Å². The first-order valence-corrected chi connectivity index (χ1v) is 12.5. The van der Waals surface area contributed by atoms with E-state index in [1.54, 1.807) is 19.2 Å². The molecule has 1 saturated carbocycles. The molecule has 0 amide bonds. The lowest BCUT2D eigenvalue weighted by Crippen LogP contribution is -1.92. The summed E-state index contributed by atoms with van der Waals surface area (Å²) < 4.78 is 0. The van der Waals surface area contributed by atoms with E-state index in [-0.39, 0.29) is 5.78 Å². The van der Waals surface area contributed by atoms with Crippen molar-refractivity contribution in [3.05, 3.63) is 81.6 Å². The van der Waals surface area contributed by atoms with Crippen LogP contribution in [0.3, 0.4) is 0 Å². The van der Waals surface area contributed by atoms with Crippen LogP contribution in [0, 0.1) is 5.92 Å². The van der Waals surface area contributed by atoms with Crippen LogP contribution >= 0.6 is 23.2 Å². The van der Waals surface area contributed by atoms with Gasteiger partial charge in [0.15, 0.2) is 5.78 Å². The fourth-order valence-electron chi connectivity index (χ4n) is 1.95. The van der Waals surface area contributed by atoms with Gasteiger partial charge in [-0.15, -0.1) is 0 Å². The molecule has 36 heavy (non-hydrogen) atoms. The standard InChI is InChI=1S/C8H8Cl2.C8H9N.C7H12O.C4H8.C2H4O.CH2O/c1-2-6-5-7(9)3-4-8(6)10;1-7(2)8-4-3-5-9-6-8;1-5(2)6(3)7(4)8;1-4-2-3-4;1-2-3;1-2/h3-5H,2H2,1H3;3-6H,1H2,2H3;1-4H3;4H,2-3H2,1H3;2H,1H3;1H2. The van der Waals surface area contributed by atoms with Crippen LogP contribution in [-0.2, 0) is 20.8 Å². The van der Waals surface area contributed by atoms with Crippen molar-refractivity contribution in [1.82, 2.24) is 4.98 Å². The van der Waals surface area contributed by atoms with E-state index < -0.39 is 0 Å². The van der Waals surface area contributed by atoms with Crippen LogP contribution in [0.4, 0.5) is 0 Å². The minimum atomic E-state index is 0.171. The Hall–Kier alpha value is -2.56. The largest absolute Gasteiger partial charge is 0.307 e. The molecule has 2 aromatic rings. The molecular weight excluding hydrogens is 493 g/mol. The highest BCUT2D eigenvalue weighted by Crippen LogP contribution is 2.26. The molecule has 1 aromatic heterocycles. The fourth-order valence-corrected chi connectivity index (χ4v) is 2.39. The third-order valence-corrected chi connectivity index (χ3v) is 5.29. The number of pyridine rings is 1. The topological polar surface area (TPSA) is 64.1 Å². The van der Waals surface area contributed by atoms with Gasteiger partial charge in [0, 0.05) is 22.4 Å². The third-order valence-electron chi connectivity index (χ3n) is 4.69. The predicted molar refractivity (Wildman–Crippen MR) is 157 cm³/mol. The molecule has 6 heteroatoms. The molecule has 0 saturated heterocycles. The fraction of sp³-hybridized carbons (Fsp3) is 0.400. The number of nitrogens with zero attached hydrogens (tertiary/aromatic N) is 1. The smallest absolute Gasteiger partial charge is 0.155 e. The second kappa shape index (κ2) is 24.1. The second-order valence-corrected chi connectivity index (χ2v) is 9.05. The molecule has 0 radical (unpaired) electrons. The van der Waals surface area contributed by atoms with Gasteiger partial charge >= 0.3 is 0 Å². The van der Waals surface area contributed by atoms with Gasteiger partial charge in [0.25, 0.3) is 0 Å². The average molecular weight is 537 g/mol. The molecule has 0 atom stereocenters. The number of carbonyl (C=O) groups excluding carboxylic acids is 3. The van der Waals surface area contributed by atoms with Gasteiger partial charge in [-0.05, 0) is 100 Å². The summed E-state index contributed by atoms with van der Waals surface area (Å²) in [5.41, 5.74) is 5.26. The summed E-state index contributed by atoms with van der Waals surface area (Å²) >= 11 is 11.6. The van der Waals surface area contributed by atoms with E-state index in [2.05, 4.69) is 25.4 Å². The molecule has 1 fully saturated rings. The van der Waals surface area contributed by atoms with Crippen molar-refractivity contribution < 1.29 is 14.4 Å². The molecule has 0 N–H and O–H groups in total. The van der Waals surface area contributed by atoms with Crippen molar-refractivity contribution in [3.63, 3.8) is 0 Å². The Morgan fingerprint density at radius 3 is 1.81 bits per heavy atom.